The van der Waals surface area contributed by atoms with Gasteiger partial charge in [-0.1, -0.05) is 80.6 Å². The number of benzene rings is 3. The number of anilines is 1. The Morgan fingerprint density at radius 1 is 0.717 bits per heavy atom. The number of piperidine rings is 2. The lowest BCUT2D eigenvalue weighted by Gasteiger charge is -2.50. The maximum absolute atomic E-state index is 14.2. The van der Waals surface area contributed by atoms with Crippen LogP contribution in [0.2, 0.25) is 0 Å². The van der Waals surface area contributed by atoms with E-state index in [1.807, 2.05) is 12.1 Å². The first-order valence-corrected chi connectivity index (χ1v) is 21.7. The third-order valence-electron chi connectivity index (χ3n) is 15.2. The lowest BCUT2D eigenvalue weighted by atomic mass is 9.70. The summed E-state index contributed by atoms with van der Waals surface area (Å²) in [5.41, 5.74) is 8.06. The number of likely N-dealkylation sites (N-methyl/N-ethyl adjacent to an activating group) is 1. The second-order valence-corrected chi connectivity index (χ2v) is 17.7. The molecule has 3 aromatic carbocycles. The first-order valence-electron chi connectivity index (χ1n) is 21.7. The van der Waals surface area contributed by atoms with Crippen molar-refractivity contribution in [2.45, 2.75) is 89.5 Å². The molecule has 2 aromatic heterocycles. The molecule has 0 aliphatic carbocycles. The molecule has 11 heteroatoms. The lowest BCUT2D eigenvalue weighted by Crippen LogP contribution is -2.49. The smallest absolute Gasteiger partial charge is 0.339 e. The van der Waals surface area contributed by atoms with E-state index < -0.39 is 23.2 Å². The summed E-state index contributed by atoms with van der Waals surface area (Å²) in [4.78, 5) is 30.7. The minimum atomic E-state index is -0.480. The van der Waals surface area contributed by atoms with Crippen LogP contribution in [0.25, 0.3) is 33.0 Å². The third-order valence-corrected chi connectivity index (χ3v) is 15.2. The van der Waals surface area contributed by atoms with E-state index in [0.29, 0.717) is 37.1 Å². The molecule has 60 heavy (non-hydrogen) atoms. The van der Waals surface area contributed by atoms with Crippen LogP contribution in [0.5, 0.6) is 0 Å². The first kappa shape index (κ1) is 39.0. The fourth-order valence-corrected chi connectivity index (χ4v) is 12.4. The Morgan fingerprint density at radius 3 is 1.83 bits per heavy atom. The van der Waals surface area contributed by atoms with Gasteiger partial charge in [0.2, 0.25) is 0 Å². The highest BCUT2D eigenvalue weighted by Crippen LogP contribution is 2.58. The van der Waals surface area contributed by atoms with Gasteiger partial charge in [-0.05, 0) is 86.3 Å². The third kappa shape index (κ3) is 5.41. The summed E-state index contributed by atoms with van der Waals surface area (Å²) in [5, 5.41) is 28.7. The molecule has 5 aromatic rings. The number of esters is 2. The van der Waals surface area contributed by atoms with Crippen molar-refractivity contribution in [2.75, 3.05) is 39.3 Å². The molecule has 11 nitrogen and oxygen atoms in total. The molecule has 10 rings (SSSR count). The van der Waals surface area contributed by atoms with Crippen molar-refractivity contribution < 1.29 is 29.5 Å². The number of rotatable bonds is 7. The van der Waals surface area contributed by atoms with Gasteiger partial charge in [-0.25, -0.2) is 9.59 Å². The normalized spacial score (nSPS) is 27.6. The molecule has 0 saturated carbocycles. The molecule has 2 fully saturated rings. The van der Waals surface area contributed by atoms with E-state index in [0.717, 1.165) is 88.5 Å². The zero-order chi connectivity index (χ0) is 41.7. The summed E-state index contributed by atoms with van der Waals surface area (Å²) >= 11 is 0. The Morgan fingerprint density at radius 2 is 1.23 bits per heavy atom. The van der Waals surface area contributed by atoms with Crippen LogP contribution < -0.4 is 4.90 Å². The van der Waals surface area contributed by atoms with Gasteiger partial charge in [0.15, 0.2) is 0 Å². The SMILES string of the molecule is CC[C@]12C=C(C(=O)OC)c3c(CC4C(c5c6n(c7ccccc57)[C@H]5N(O)CCC[C@@]5(CC)C=C6C(=O)OC)Cc5ccccc5N4C)c4ccccc4n3[C@H]1N(O)CCC2. The minimum absolute atomic E-state index is 0.147. The Bertz CT molecular complexity index is 2620. The number of hydrogen-bond acceptors (Lipinski definition) is 9. The van der Waals surface area contributed by atoms with Gasteiger partial charge in [0.05, 0.1) is 47.8 Å². The van der Waals surface area contributed by atoms with Crippen LogP contribution >= 0.6 is 0 Å². The number of ether oxygens (including phenoxy) is 2. The largest absolute Gasteiger partial charge is 0.465 e. The molecular formula is C49H55N5O6. The van der Waals surface area contributed by atoms with Crippen LogP contribution in [-0.4, -0.2) is 82.0 Å². The average Bonchev–Trinajstić information content (AvgIpc) is 3.79. The van der Waals surface area contributed by atoms with Crippen molar-refractivity contribution in [3.8, 4) is 0 Å². The van der Waals surface area contributed by atoms with Crippen LogP contribution in [-0.2, 0) is 31.9 Å². The Kier molecular flexibility index (Phi) is 9.40. The summed E-state index contributed by atoms with van der Waals surface area (Å²) in [5.74, 6) is -0.920. The summed E-state index contributed by atoms with van der Waals surface area (Å²) in [6.45, 7) is 5.35. The first-order chi connectivity index (χ1) is 29.1. The molecule has 0 amide bonds. The van der Waals surface area contributed by atoms with E-state index in [4.69, 9.17) is 9.47 Å². The molecule has 6 atom stereocenters. The summed E-state index contributed by atoms with van der Waals surface area (Å²) in [6.07, 6.45) is 9.46. The van der Waals surface area contributed by atoms with Crippen LogP contribution in [0.3, 0.4) is 0 Å². The van der Waals surface area contributed by atoms with Gasteiger partial charge in [0, 0.05) is 59.4 Å². The van der Waals surface area contributed by atoms with Gasteiger partial charge in [-0.2, -0.15) is 10.1 Å². The van der Waals surface area contributed by atoms with E-state index in [1.54, 1.807) is 0 Å². The van der Waals surface area contributed by atoms with Crippen LogP contribution in [0.4, 0.5) is 5.69 Å². The number of aromatic nitrogens is 2. The number of para-hydroxylation sites is 3. The van der Waals surface area contributed by atoms with E-state index in [2.05, 4.69) is 108 Å². The van der Waals surface area contributed by atoms with E-state index in [1.165, 1.54) is 29.9 Å². The highest BCUT2D eigenvalue weighted by Gasteiger charge is 2.52. The number of fused-ring (bicyclic) bond motifs is 11. The molecule has 312 valence electrons. The number of carbonyl (C=O) groups excluding carboxylic acids is 2. The van der Waals surface area contributed by atoms with Crippen molar-refractivity contribution in [1.82, 2.24) is 19.3 Å². The van der Waals surface area contributed by atoms with Gasteiger partial charge >= 0.3 is 11.9 Å². The second-order valence-electron chi connectivity index (χ2n) is 17.7. The summed E-state index contributed by atoms with van der Waals surface area (Å²) in [6, 6.07) is 25.1. The topological polar surface area (TPSA) is 113 Å². The van der Waals surface area contributed by atoms with Crippen molar-refractivity contribution in [3.63, 3.8) is 0 Å². The Hall–Kier alpha value is -5.20. The van der Waals surface area contributed by atoms with E-state index >= 15 is 0 Å². The molecule has 2 unspecified atom stereocenters. The zero-order valence-electron chi connectivity index (χ0n) is 35.2. The Labute approximate surface area is 351 Å². The standard InChI is InChI=1S/C49H55N5O6/c1-6-48-22-14-24-51(57)46(48)53-38-20-12-9-17-31(38)33(42(53)35(28-48)44(55)59-4)27-40-34(26-30-16-8-11-19-37(30)50(40)3)41-32-18-10-13-21-39(32)54-43(41)36(45(56)60-5)29-49(7-2)23-15-25-52(58)47(49)54/h8-13,16-21,28-29,34,40,46-47,57-58H,6-7,14-15,22-27H2,1-5H3/t34?,40?,46-,47-,48+,49+/m1/s1. The van der Waals surface area contributed by atoms with E-state index in [-0.39, 0.29) is 23.9 Å². The van der Waals surface area contributed by atoms with Crippen LogP contribution in [0.1, 0.15) is 98.7 Å². The predicted octanol–water partition coefficient (Wildman–Crippen LogP) is 8.88. The summed E-state index contributed by atoms with van der Waals surface area (Å²) < 4.78 is 15.7. The Balaban J connectivity index is 1.24. The van der Waals surface area contributed by atoms with Gasteiger partial charge in [0.25, 0.3) is 0 Å². The van der Waals surface area contributed by atoms with Crippen LogP contribution in [0.15, 0.2) is 84.9 Å². The fourth-order valence-electron chi connectivity index (χ4n) is 12.4. The van der Waals surface area contributed by atoms with Gasteiger partial charge in [-0.15, -0.1) is 0 Å². The van der Waals surface area contributed by atoms with Crippen molar-refractivity contribution in [1.29, 1.82) is 0 Å². The van der Waals surface area contributed by atoms with E-state index in [9.17, 15) is 20.0 Å². The minimum Gasteiger partial charge on any atom is -0.465 e. The number of hydrogen-bond donors (Lipinski definition) is 2. The molecule has 5 aliphatic heterocycles. The predicted molar refractivity (Wildman–Crippen MR) is 232 cm³/mol. The molecule has 2 saturated heterocycles. The summed E-state index contributed by atoms with van der Waals surface area (Å²) in [7, 11) is 5.06. The van der Waals surface area contributed by atoms with Crippen molar-refractivity contribution in [3.05, 3.63) is 113 Å². The molecule has 0 spiro atoms. The molecule has 0 radical (unpaired) electrons. The van der Waals surface area contributed by atoms with Crippen LogP contribution in [0, 0.1) is 10.8 Å². The number of nitrogens with zero attached hydrogens (tertiary/aromatic N) is 5. The number of methoxy groups -OCH3 is 2. The molecular weight excluding hydrogens is 755 g/mol. The molecule has 0 bridgehead atoms. The van der Waals surface area contributed by atoms with Gasteiger partial charge in [-0.3, -0.25) is 0 Å². The van der Waals surface area contributed by atoms with Gasteiger partial charge < -0.3 is 33.9 Å². The molecule has 2 N–H and O–H groups in total. The van der Waals surface area contributed by atoms with Crippen molar-refractivity contribution >= 4 is 50.6 Å². The second kappa shape index (κ2) is 14.5. The van der Waals surface area contributed by atoms with Crippen molar-refractivity contribution in [2.24, 2.45) is 10.8 Å². The maximum atomic E-state index is 14.2. The highest BCUT2D eigenvalue weighted by molar-refractivity contribution is 6.19. The number of hydroxylamine groups is 4. The fraction of sp³-hybridized carbons (Fsp3) is 0.429. The average molecular weight is 810 g/mol. The highest BCUT2D eigenvalue weighted by atomic mass is 16.5. The zero-order valence-corrected chi connectivity index (χ0v) is 35.2. The molecule has 7 heterocycles. The van der Waals surface area contributed by atoms with Gasteiger partial charge in [0.1, 0.15) is 12.3 Å². The maximum Gasteiger partial charge on any atom is 0.339 e. The lowest BCUT2D eigenvalue weighted by molar-refractivity contribution is -0.203. The number of carbonyl (C=O) groups is 2. The monoisotopic (exact) mass is 809 g/mol. The quantitative estimate of drug-likeness (QED) is 0.156. The molecule has 5 aliphatic rings.